The fourth-order valence-electron chi connectivity index (χ4n) is 4.09. The Hall–Kier alpha value is 1.02. The van der Waals surface area contributed by atoms with Crippen molar-refractivity contribution >= 4 is 16.1 Å². The summed E-state index contributed by atoms with van der Waals surface area (Å²) in [6.07, 6.45) is 24.3. The predicted octanol–water partition coefficient (Wildman–Crippen LogP) is 4.29. The maximum Gasteiger partial charge on any atom is 1.00 e. The summed E-state index contributed by atoms with van der Waals surface area (Å²) in [6, 6.07) is 0. The van der Waals surface area contributed by atoms with E-state index in [2.05, 4.69) is 6.92 Å². The molecule has 7 heteroatoms. The van der Waals surface area contributed by atoms with Crippen molar-refractivity contribution in [1.82, 2.24) is 0 Å². The minimum atomic E-state index is -4.37. The Bertz CT molecular complexity index is 510. The molecule has 0 aromatic carbocycles. The molecule has 0 N–H and O–H groups in total. The monoisotopic (exact) mass is 500 g/mol. The molecule has 0 heterocycles. The van der Waals surface area contributed by atoms with Crippen LogP contribution in [0.15, 0.2) is 0 Å². The molecule has 5 nitrogen and oxygen atoms in total. The van der Waals surface area contributed by atoms with Gasteiger partial charge in [-0.1, -0.05) is 122 Å². The number of hydrogen-bond acceptors (Lipinski definition) is 5. The second-order valence-corrected chi connectivity index (χ2v) is 10.6. The Labute approximate surface area is 241 Å². The summed E-state index contributed by atoms with van der Waals surface area (Å²) < 4.78 is 37.6. The molecule has 32 heavy (non-hydrogen) atoms. The zero-order valence-corrected chi connectivity index (χ0v) is 25.3. The Kier molecular flexibility index (Phi) is 27.6. The van der Waals surface area contributed by atoms with Crippen molar-refractivity contribution in [3.63, 3.8) is 0 Å². The van der Waals surface area contributed by atoms with Gasteiger partial charge in [0, 0.05) is 6.92 Å². The predicted molar refractivity (Wildman–Crippen MR) is 128 cm³/mol. The van der Waals surface area contributed by atoms with Crippen LogP contribution >= 0.6 is 0 Å². The number of carbonyl (C=O) groups is 1. The van der Waals surface area contributed by atoms with E-state index in [1.54, 1.807) is 0 Å². The molecule has 0 bridgehead atoms. The number of carbonyl (C=O) groups excluding carboxylic acids is 1. The molecule has 0 aromatic rings. The topological polar surface area (TPSA) is 83.5 Å². The third kappa shape index (κ3) is 29.0. The van der Waals surface area contributed by atoms with Gasteiger partial charge in [0.2, 0.25) is 0 Å². The van der Waals surface area contributed by atoms with Crippen LogP contribution < -0.4 is 51.4 Å². The molecule has 0 aliphatic carbocycles. The standard InChI is InChI=1S/C25H50O5S.K/c1-3-4-5-6-7-8-9-10-11-12-13-14-15-16-17-18-19-20-21-22-25(30-24(2)26)23-31(27,28)29;/h25H,3-23H2,1-2H3,(H,27,28,29);/q;+1/p-1. The molecule has 0 saturated heterocycles. The van der Waals surface area contributed by atoms with Crippen molar-refractivity contribution in [2.75, 3.05) is 5.75 Å². The summed E-state index contributed by atoms with van der Waals surface area (Å²) in [6.45, 7) is 3.51. The van der Waals surface area contributed by atoms with E-state index < -0.39 is 27.9 Å². The van der Waals surface area contributed by atoms with Crippen LogP contribution in [0, 0.1) is 0 Å². The van der Waals surface area contributed by atoms with E-state index in [-0.39, 0.29) is 51.4 Å². The van der Waals surface area contributed by atoms with Gasteiger partial charge in [-0.3, -0.25) is 4.79 Å². The Morgan fingerprint density at radius 1 is 0.688 bits per heavy atom. The first kappa shape index (κ1) is 35.2. The Morgan fingerprint density at radius 2 is 1.00 bits per heavy atom. The third-order valence-electron chi connectivity index (χ3n) is 5.85. The Morgan fingerprint density at radius 3 is 1.28 bits per heavy atom. The molecule has 0 fully saturated rings. The van der Waals surface area contributed by atoms with Crippen LogP contribution in [-0.2, 0) is 19.6 Å². The minimum absolute atomic E-state index is 0. The molecule has 1 atom stereocenters. The molecule has 0 aliphatic rings. The molecule has 0 amide bonds. The minimum Gasteiger partial charge on any atom is -0.748 e. The first-order valence-corrected chi connectivity index (χ1v) is 14.5. The molecular formula is C25H49KO5S. The van der Waals surface area contributed by atoms with Crippen molar-refractivity contribution in [3.8, 4) is 0 Å². The average Bonchev–Trinajstić information content (AvgIpc) is 2.68. The van der Waals surface area contributed by atoms with E-state index in [9.17, 15) is 17.8 Å². The third-order valence-corrected chi connectivity index (χ3v) is 6.63. The first-order valence-electron chi connectivity index (χ1n) is 13.0. The van der Waals surface area contributed by atoms with E-state index in [1.807, 2.05) is 0 Å². The largest absolute Gasteiger partial charge is 1.00 e. The average molecular weight is 501 g/mol. The summed E-state index contributed by atoms with van der Waals surface area (Å²) >= 11 is 0. The van der Waals surface area contributed by atoms with Gasteiger partial charge in [0.1, 0.15) is 6.10 Å². The second kappa shape index (κ2) is 25.1. The summed E-state index contributed by atoms with van der Waals surface area (Å²) in [5.41, 5.74) is 0. The van der Waals surface area contributed by atoms with Crippen molar-refractivity contribution in [3.05, 3.63) is 0 Å². The van der Waals surface area contributed by atoms with E-state index in [1.165, 1.54) is 110 Å². The van der Waals surface area contributed by atoms with Crippen LogP contribution in [0.4, 0.5) is 0 Å². The van der Waals surface area contributed by atoms with Gasteiger partial charge in [0.05, 0.1) is 15.9 Å². The van der Waals surface area contributed by atoms with Crippen LogP contribution in [0.25, 0.3) is 0 Å². The summed E-state index contributed by atoms with van der Waals surface area (Å²) in [5.74, 6) is -1.16. The fraction of sp³-hybridized carbons (Fsp3) is 0.960. The fourth-order valence-corrected chi connectivity index (χ4v) is 4.78. The van der Waals surface area contributed by atoms with E-state index in [4.69, 9.17) is 4.74 Å². The van der Waals surface area contributed by atoms with Gasteiger partial charge in [-0.2, -0.15) is 0 Å². The number of rotatable bonds is 23. The van der Waals surface area contributed by atoms with Crippen molar-refractivity contribution in [1.29, 1.82) is 0 Å². The van der Waals surface area contributed by atoms with Crippen molar-refractivity contribution < 1.29 is 73.9 Å². The van der Waals surface area contributed by atoms with Gasteiger partial charge < -0.3 is 9.29 Å². The number of unbranched alkanes of at least 4 members (excludes halogenated alkanes) is 18. The van der Waals surface area contributed by atoms with Crippen LogP contribution in [0.3, 0.4) is 0 Å². The Balaban J connectivity index is 0. The normalized spacial score (nSPS) is 12.3. The van der Waals surface area contributed by atoms with Crippen LogP contribution in [0.1, 0.15) is 142 Å². The number of esters is 1. The molecule has 0 aromatic heterocycles. The zero-order valence-electron chi connectivity index (χ0n) is 21.4. The maximum atomic E-state index is 11.0. The number of hydrogen-bond donors (Lipinski definition) is 0. The quantitative estimate of drug-likeness (QED) is 0.0904. The van der Waals surface area contributed by atoms with Gasteiger partial charge in [0.15, 0.2) is 0 Å². The molecule has 0 spiro atoms. The van der Waals surface area contributed by atoms with Gasteiger partial charge in [0.25, 0.3) is 0 Å². The van der Waals surface area contributed by atoms with Crippen LogP contribution in [0.5, 0.6) is 0 Å². The molecule has 0 radical (unpaired) electrons. The van der Waals surface area contributed by atoms with Crippen molar-refractivity contribution in [2.24, 2.45) is 0 Å². The SMILES string of the molecule is CCCCCCCCCCCCCCCCCCCCCC(CS(=O)(=O)[O-])OC(C)=O.[K+]. The van der Waals surface area contributed by atoms with Gasteiger partial charge >= 0.3 is 57.4 Å². The van der Waals surface area contributed by atoms with Gasteiger partial charge in [-0.25, -0.2) is 8.42 Å². The molecule has 0 aliphatic heterocycles. The summed E-state index contributed by atoms with van der Waals surface area (Å²) in [4.78, 5) is 11.0. The van der Waals surface area contributed by atoms with E-state index in [0.717, 1.165) is 19.3 Å². The first-order chi connectivity index (χ1) is 14.8. The van der Waals surface area contributed by atoms with Crippen LogP contribution in [-0.4, -0.2) is 30.8 Å². The zero-order chi connectivity index (χ0) is 23.2. The van der Waals surface area contributed by atoms with Gasteiger partial charge in [-0.05, 0) is 12.8 Å². The smallest absolute Gasteiger partial charge is 0.748 e. The van der Waals surface area contributed by atoms with Gasteiger partial charge in [-0.15, -0.1) is 0 Å². The van der Waals surface area contributed by atoms with Crippen LogP contribution in [0.2, 0.25) is 0 Å². The second-order valence-electron chi connectivity index (χ2n) is 9.11. The summed E-state index contributed by atoms with van der Waals surface area (Å²) in [7, 11) is -4.37. The number of ether oxygens (including phenoxy) is 1. The van der Waals surface area contributed by atoms with E-state index >= 15 is 0 Å². The summed E-state index contributed by atoms with van der Waals surface area (Å²) in [5, 5.41) is 0. The molecule has 0 rings (SSSR count). The maximum absolute atomic E-state index is 11.0. The van der Waals surface area contributed by atoms with E-state index in [0.29, 0.717) is 6.42 Å². The molecule has 0 saturated carbocycles. The molecular weight excluding hydrogens is 451 g/mol. The molecule has 1 unspecified atom stereocenters. The molecule has 186 valence electrons. The van der Waals surface area contributed by atoms with Crippen molar-refractivity contribution in [2.45, 2.75) is 148 Å².